The molecule has 2 aromatic rings. The van der Waals surface area contributed by atoms with Gasteiger partial charge in [0, 0.05) is 37.0 Å². The standard InChI is InChI=1S/C20H25N5O3S/c1-2-10-21-29(27,28)17-5-3-4-16(13-17)20(26)25-11-8-15(9-12-25)19-22-18(23-24-19)14-6-7-14/h2-5,13-15,21H,1,6-12H2,(H,22,23,24). The number of benzene rings is 1. The van der Waals surface area contributed by atoms with Crippen molar-refractivity contribution in [2.45, 2.75) is 42.4 Å². The smallest absolute Gasteiger partial charge is 0.253 e. The van der Waals surface area contributed by atoms with E-state index in [2.05, 4.69) is 26.5 Å². The third-order valence-electron chi connectivity index (χ3n) is 5.44. The maximum atomic E-state index is 12.9. The lowest BCUT2D eigenvalue weighted by molar-refractivity contribution is 0.0711. The van der Waals surface area contributed by atoms with Crippen molar-refractivity contribution in [2.75, 3.05) is 19.6 Å². The Hall–Kier alpha value is -2.52. The molecule has 4 rings (SSSR count). The van der Waals surface area contributed by atoms with Crippen LogP contribution < -0.4 is 4.72 Å². The number of rotatable bonds is 7. The number of aromatic amines is 1. The van der Waals surface area contributed by atoms with Crippen LogP contribution in [0.2, 0.25) is 0 Å². The van der Waals surface area contributed by atoms with Gasteiger partial charge in [-0.1, -0.05) is 12.1 Å². The Kier molecular flexibility index (Phi) is 5.51. The van der Waals surface area contributed by atoms with Gasteiger partial charge in [-0.3, -0.25) is 9.89 Å². The largest absolute Gasteiger partial charge is 0.339 e. The second-order valence-corrected chi connectivity index (χ2v) is 9.35. The molecular formula is C20H25N5O3S. The first-order valence-electron chi connectivity index (χ1n) is 9.90. The number of hydrogen-bond donors (Lipinski definition) is 2. The Bertz CT molecular complexity index is 1000. The number of piperidine rings is 1. The molecule has 1 aromatic carbocycles. The fourth-order valence-electron chi connectivity index (χ4n) is 3.58. The van der Waals surface area contributed by atoms with Gasteiger partial charge < -0.3 is 4.90 Å². The summed E-state index contributed by atoms with van der Waals surface area (Å²) >= 11 is 0. The molecule has 154 valence electrons. The van der Waals surface area contributed by atoms with E-state index >= 15 is 0 Å². The summed E-state index contributed by atoms with van der Waals surface area (Å²) in [5, 5.41) is 7.39. The molecule has 29 heavy (non-hydrogen) atoms. The van der Waals surface area contributed by atoms with E-state index in [-0.39, 0.29) is 23.3 Å². The van der Waals surface area contributed by atoms with Crippen LogP contribution in [0, 0.1) is 0 Å². The van der Waals surface area contributed by atoms with Gasteiger partial charge in [0.15, 0.2) is 5.82 Å². The van der Waals surface area contributed by atoms with Crippen LogP contribution in [-0.2, 0) is 10.0 Å². The van der Waals surface area contributed by atoms with Gasteiger partial charge >= 0.3 is 0 Å². The molecule has 0 unspecified atom stereocenters. The predicted molar refractivity (Wildman–Crippen MR) is 108 cm³/mol. The van der Waals surface area contributed by atoms with E-state index in [0.717, 1.165) is 24.5 Å². The Labute approximate surface area is 170 Å². The lowest BCUT2D eigenvalue weighted by Gasteiger charge is -2.31. The molecule has 1 aromatic heterocycles. The summed E-state index contributed by atoms with van der Waals surface area (Å²) < 4.78 is 27.0. The molecular weight excluding hydrogens is 390 g/mol. The minimum absolute atomic E-state index is 0.0781. The molecule has 0 spiro atoms. The number of carbonyl (C=O) groups excluding carboxylic acids is 1. The molecule has 2 fully saturated rings. The number of likely N-dealkylation sites (tertiary alicyclic amines) is 1. The first-order valence-corrected chi connectivity index (χ1v) is 11.4. The highest BCUT2D eigenvalue weighted by Gasteiger charge is 2.31. The summed E-state index contributed by atoms with van der Waals surface area (Å²) in [5.74, 6) is 2.47. The predicted octanol–water partition coefficient (Wildman–Crippen LogP) is 2.17. The van der Waals surface area contributed by atoms with Crippen LogP contribution in [0.3, 0.4) is 0 Å². The molecule has 1 amide bonds. The molecule has 9 heteroatoms. The van der Waals surface area contributed by atoms with Crippen LogP contribution in [0.5, 0.6) is 0 Å². The summed E-state index contributed by atoms with van der Waals surface area (Å²) in [6, 6.07) is 6.16. The minimum Gasteiger partial charge on any atom is -0.339 e. The van der Waals surface area contributed by atoms with E-state index in [9.17, 15) is 13.2 Å². The summed E-state index contributed by atoms with van der Waals surface area (Å²) in [6.07, 6.45) is 5.43. The van der Waals surface area contributed by atoms with Crippen LogP contribution in [0.4, 0.5) is 0 Å². The van der Waals surface area contributed by atoms with Gasteiger partial charge in [0.2, 0.25) is 10.0 Å². The van der Waals surface area contributed by atoms with E-state index in [4.69, 9.17) is 0 Å². The average molecular weight is 416 g/mol. The summed E-state index contributed by atoms with van der Waals surface area (Å²) in [6.45, 7) is 4.86. The number of nitrogens with zero attached hydrogens (tertiary/aromatic N) is 3. The van der Waals surface area contributed by atoms with E-state index in [1.54, 1.807) is 17.0 Å². The van der Waals surface area contributed by atoms with Crippen LogP contribution >= 0.6 is 0 Å². The molecule has 1 aliphatic carbocycles. The van der Waals surface area contributed by atoms with Gasteiger partial charge in [0.25, 0.3) is 5.91 Å². The first-order chi connectivity index (χ1) is 14.0. The van der Waals surface area contributed by atoms with Crippen molar-refractivity contribution in [2.24, 2.45) is 0 Å². The van der Waals surface area contributed by atoms with Gasteiger partial charge in [-0.25, -0.2) is 18.1 Å². The molecule has 2 aliphatic rings. The molecule has 2 N–H and O–H groups in total. The summed E-state index contributed by atoms with van der Waals surface area (Å²) in [7, 11) is -3.67. The van der Waals surface area contributed by atoms with Gasteiger partial charge in [-0.2, -0.15) is 5.10 Å². The monoisotopic (exact) mass is 415 g/mol. The van der Waals surface area contributed by atoms with Crippen LogP contribution in [-0.4, -0.2) is 54.0 Å². The lowest BCUT2D eigenvalue weighted by Crippen LogP contribution is -2.38. The number of H-pyrrole nitrogens is 1. The summed E-state index contributed by atoms with van der Waals surface area (Å²) in [5.41, 5.74) is 0.376. The zero-order valence-electron chi connectivity index (χ0n) is 16.2. The zero-order chi connectivity index (χ0) is 20.4. The average Bonchev–Trinajstić information content (AvgIpc) is 3.48. The maximum absolute atomic E-state index is 12.9. The van der Waals surface area contributed by atoms with E-state index in [1.807, 2.05) is 0 Å². The van der Waals surface area contributed by atoms with Crippen molar-refractivity contribution in [3.63, 3.8) is 0 Å². The SMILES string of the molecule is C=CCNS(=O)(=O)c1cccc(C(=O)N2CCC(c3nc(C4CC4)n[nH]3)CC2)c1. The fourth-order valence-corrected chi connectivity index (χ4v) is 4.63. The van der Waals surface area contributed by atoms with Gasteiger partial charge in [-0.15, -0.1) is 6.58 Å². The van der Waals surface area contributed by atoms with Crippen molar-refractivity contribution in [3.8, 4) is 0 Å². The zero-order valence-corrected chi connectivity index (χ0v) is 17.0. The van der Waals surface area contributed by atoms with Crippen molar-refractivity contribution in [3.05, 3.63) is 54.1 Å². The molecule has 2 heterocycles. The highest BCUT2D eigenvalue weighted by Crippen LogP contribution is 2.38. The molecule has 1 saturated heterocycles. The second kappa shape index (κ2) is 8.08. The topological polar surface area (TPSA) is 108 Å². The van der Waals surface area contributed by atoms with E-state index in [0.29, 0.717) is 24.6 Å². The highest BCUT2D eigenvalue weighted by atomic mass is 32.2. The molecule has 1 aliphatic heterocycles. The Morgan fingerprint density at radius 2 is 2.00 bits per heavy atom. The van der Waals surface area contributed by atoms with Crippen molar-refractivity contribution >= 4 is 15.9 Å². The van der Waals surface area contributed by atoms with Crippen LogP contribution in [0.1, 0.15) is 59.5 Å². The Morgan fingerprint density at radius 1 is 1.24 bits per heavy atom. The van der Waals surface area contributed by atoms with Crippen molar-refractivity contribution in [1.82, 2.24) is 24.8 Å². The number of amides is 1. The molecule has 1 saturated carbocycles. The van der Waals surface area contributed by atoms with Gasteiger partial charge in [0.1, 0.15) is 5.82 Å². The molecule has 0 radical (unpaired) electrons. The van der Waals surface area contributed by atoms with E-state index < -0.39 is 10.0 Å². The lowest BCUT2D eigenvalue weighted by atomic mass is 9.95. The first kappa shape index (κ1) is 19.8. The highest BCUT2D eigenvalue weighted by molar-refractivity contribution is 7.89. The molecule has 0 bridgehead atoms. The number of aromatic nitrogens is 3. The van der Waals surface area contributed by atoms with Crippen LogP contribution in [0.25, 0.3) is 0 Å². The summed E-state index contributed by atoms with van der Waals surface area (Å²) in [4.78, 5) is 19.4. The van der Waals surface area contributed by atoms with Crippen LogP contribution in [0.15, 0.2) is 41.8 Å². The Balaban J connectivity index is 1.40. The fraction of sp³-hybridized carbons (Fsp3) is 0.450. The quantitative estimate of drug-likeness (QED) is 0.674. The second-order valence-electron chi connectivity index (χ2n) is 7.59. The molecule has 8 nitrogen and oxygen atoms in total. The minimum atomic E-state index is -3.67. The van der Waals surface area contributed by atoms with Crippen molar-refractivity contribution in [1.29, 1.82) is 0 Å². The number of sulfonamides is 1. The number of carbonyl (C=O) groups is 1. The molecule has 0 atom stereocenters. The van der Waals surface area contributed by atoms with Gasteiger partial charge in [0.05, 0.1) is 4.90 Å². The third kappa shape index (κ3) is 4.40. The normalized spacial score (nSPS) is 18.0. The van der Waals surface area contributed by atoms with Crippen molar-refractivity contribution < 1.29 is 13.2 Å². The Morgan fingerprint density at radius 3 is 2.69 bits per heavy atom. The van der Waals surface area contributed by atoms with E-state index in [1.165, 1.54) is 31.1 Å². The third-order valence-corrected chi connectivity index (χ3v) is 6.86. The number of hydrogen-bond acceptors (Lipinski definition) is 5. The van der Waals surface area contributed by atoms with Gasteiger partial charge in [-0.05, 0) is 43.9 Å². The maximum Gasteiger partial charge on any atom is 0.253 e. The number of nitrogens with one attached hydrogen (secondary N) is 2.